The summed E-state index contributed by atoms with van der Waals surface area (Å²) in [7, 11) is 0. The highest BCUT2D eigenvalue weighted by molar-refractivity contribution is 6.05. The first-order chi connectivity index (χ1) is 11.0. The highest BCUT2D eigenvalue weighted by Crippen LogP contribution is 2.20. The van der Waals surface area contributed by atoms with Crippen LogP contribution in [0.4, 0.5) is 4.79 Å². The monoisotopic (exact) mass is 322 g/mol. The molecule has 0 aliphatic carbocycles. The predicted molar refractivity (Wildman–Crippen MR) is 83.1 cm³/mol. The van der Waals surface area contributed by atoms with Crippen LogP contribution < -0.4 is 16.0 Å². The van der Waals surface area contributed by atoms with Crippen LogP contribution >= 0.6 is 0 Å². The molecule has 0 saturated carbocycles. The summed E-state index contributed by atoms with van der Waals surface area (Å²) in [4.78, 5) is 28.9. The zero-order valence-corrected chi connectivity index (χ0v) is 13.0. The van der Waals surface area contributed by atoms with Crippen LogP contribution in [0.1, 0.15) is 22.5 Å². The number of rotatable bonds is 6. The Labute approximate surface area is 134 Å². The summed E-state index contributed by atoms with van der Waals surface area (Å²) in [6.45, 7) is 2.24. The summed E-state index contributed by atoms with van der Waals surface area (Å²) in [5, 5.41) is 26.2. The van der Waals surface area contributed by atoms with Gasteiger partial charge in [0.05, 0.1) is 12.7 Å². The van der Waals surface area contributed by atoms with Gasteiger partial charge in [-0.15, -0.1) is 0 Å². The van der Waals surface area contributed by atoms with Crippen molar-refractivity contribution in [2.24, 2.45) is 0 Å². The van der Waals surface area contributed by atoms with Crippen LogP contribution in [0.5, 0.6) is 0 Å². The summed E-state index contributed by atoms with van der Waals surface area (Å²) in [6.07, 6.45) is 0.943. The summed E-state index contributed by atoms with van der Waals surface area (Å²) in [6, 6.07) is 2.88. The highest BCUT2D eigenvalue weighted by Gasteiger charge is 2.43. The second-order valence-corrected chi connectivity index (χ2v) is 5.70. The highest BCUT2D eigenvalue weighted by atomic mass is 16.3. The van der Waals surface area contributed by atoms with Crippen LogP contribution in [0, 0.1) is 6.92 Å². The molecule has 1 saturated heterocycles. The zero-order chi connectivity index (χ0) is 16.9. The van der Waals surface area contributed by atoms with Crippen LogP contribution in [0.3, 0.4) is 0 Å². The number of pyridine rings is 1. The molecule has 1 aliphatic rings. The first-order valence-electron chi connectivity index (χ1n) is 7.50. The lowest BCUT2D eigenvalue weighted by atomic mass is 9.89. The van der Waals surface area contributed by atoms with E-state index in [9.17, 15) is 14.7 Å². The molecule has 8 nitrogen and oxygen atoms in total. The number of urea groups is 1. The predicted octanol–water partition coefficient (Wildman–Crippen LogP) is -1.04. The second-order valence-electron chi connectivity index (χ2n) is 5.70. The van der Waals surface area contributed by atoms with E-state index >= 15 is 0 Å². The summed E-state index contributed by atoms with van der Waals surface area (Å²) >= 11 is 0. The van der Waals surface area contributed by atoms with Gasteiger partial charge in [-0.05, 0) is 32.0 Å². The van der Waals surface area contributed by atoms with E-state index in [2.05, 4.69) is 20.9 Å². The molecule has 0 bridgehead atoms. The summed E-state index contributed by atoms with van der Waals surface area (Å²) in [5.41, 5.74) is 0.212. The van der Waals surface area contributed by atoms with E-state index in [0.29, 0.717) is 25.1 Å². The number of hydrogen-bond acceptors (Lipinski definition) is 6. The van der Waals surface area contributed by atoms with E-state index in [1.54, 1.807) is 12.1 Å². The minimum atomic E-state index is -1.04. The molecule has 2 heterocycles. The van der Waals surface area contributed by atoms with Crippen molar-refractivity contribution in [2.45, 2.75) is 25.0 Å². The van der Waals surface area contributed by atoms with Gasteiger partial charge in [0.15, 0.2) is 5.78 Å². The van der Waals surface area contributed by atoms with Crippen LogP contribution in [-0.2, 0) is 0 Å². The summed E-state index contributed by atoms with van der Waals surface area (Å²) in [5.74, 6) is -0.201. The fourth-order valence-corrected chi connectivity index (χ4v) is 2.46. The number of carbonyl (C=O) groups is 2. The number of nitrogens with zero attached hydrogens (tertiary/aromatic N) is 1. The van der Waals surface area contributed by atoms with E-state index in [1.165, 1.54) is 6.20 Å². The van der Waals surface area contributed by atoms with Crippen molar-refractivity contribution >= 4 is 11.8 Å². The molecule has 0 aromatic carbocycles. The Balaban J connectivity index is 2.08. The average Bonchev–Trinajstić information content (AvgIpc) is 3.02. The standard InChI is InChI=1S/C15H22N4O4/c1-10-2-3-11(6-17-10)13(22)15(4-5-16-9-15)19-14(23)18-7-12(21)8-20/h2-3,6,12,16,20-21H,4-5,7-9H2,1H3,(H2,18,19,23)/t12?,15-/m1/s1. The van der Waals surface area contributed by atoms with Crippen molar-refractivity contribution in [1.82, 2.24) is 20.9 Å². The van der Waals surface area contributed by atoms with Gasteiger partial charge in [0, 0.05) is 30.5 Å². The molecule has 1 aromatic heterocycles. The van der Waals surface area contributed by atoms with E-state index in [1.807, 2.05) is 6.92 Å². The molecule has 126 valence electrons. The van der Waals surface area contributed by atoms with Crippen molar-refractivity contribution in [1.29, 1.82) is 0 Å². The maximum atomic E-state index is 12.8. The molecule has 2 rings (SSSR count). The SMILES string of the molecule is Cc1ccc(C(=O)[C@@]2(NC(=O)NCC(O)CO)CCNC2)cn1. The Morgan fingerprint density at radius 1 is 1.48 bits per heavy atom. The van der Waals surface area contributed by atoms with Crippen LogP contribution in [0.25, 0.3) is 0 Å². The molecular weight excluding hydrogens is 300 g/mol. The van der Waals surface area contributed by atoms with Gasteiger partial charge in [-0.2, -0.15) is 0 Å². The van der Waals surface area contributed by atoms with Gasteiger partial charge in [-0.25, -0.2) is 4.79 Å². The van der Waals surface area contributed by atoms with E-state index in [0.717, 1.165) is 5.69 Å². The number of aryl methyl sites for hydroxylation is 1. The smallest absolute Gasteiger partial charge is 0.315 e. The molecule has 0 spiro atoms. The number of aliphatic hydroxyl groups is 2. The second kappa shape index (κ2) is 7.49. The molecule has 23 heavy (non-hydrogen) atoms. The quantitative estimate of drug-likeness (QED) is 0.426. The number of aliphatic hydroxyl groups excluding tert-OH is 2. The first kappa shape index (κ1) is 17.3. The maximum absolute atomic E-state index is 12.8. The van der Waals surface area contributed by atoms with Crippen molar-refractivity contribution in [3.8, 4) is 0 Å². The zero-order valence-electron chi connectivity index (χ0n) is 13.0. The van der Waals surface area contributed by atoms with Crippen molar-refractivity contribution in [3.63, 3.8) is 0 Å². The Morgan fingerprint density at radius 2 is 2.26 bits per heavy atom. The third kappa shape index (κ3) is 4.25. The largest absolute Gasteiger partial charge is 0.394 e. The first-order valence-corrected chi connectivity index (χ1v) is 7.50. The Hall–Kier alpha value is -2.03. The number of hydrogen-bond donors (Lipinski definition) is 5. The number of carbonyl (C=O) groups excluding carboxylic acids is 2. The van der Waals surface area contributed by atoms with E-state index in [4.69, 9.17) is 5.11 Å². The molecule has 1 aliphatic heterocycles. The fourth-order valence-electron chi connectivity index (χ4n) is 2.46. The normalized spacial score (nSPS) is 21.7. The van der Waals surface area contributed by atoms with E-state index < -0.39 is 24.3 Å². The van der Waals surface area contributed by atoms with Crippen molar-refractivity contribution in [2.75, 3.05) is 26.2 Å². The van der Waals surface area contributed by atoms with Gasteiger partial charge >= 0.3 is 6.03 Å². The lowest BCUT2D eigenvalue weighted by molar-refractivity contribution is 0.0862. The molecule has 2 atom stereocenters. The van der Waals surface area contributed by atoms with Gasteiger partial charge < -0.3 is 26.2 Å². The third-order valence-corrected chi connectivity index (χ3v) is 3.83. The van der Waals surface area contributed by atoms with Gasteiger partial charge in [0.1, 0.15) is 5.54 Å². The molecule has 5 N–H and O–H groups in total. The average molecular weight is 322 g/mol. The summed E-state index contributed by atoms with van der Waals surface area (Å²) < 4.78 is 0. The number of Topliss-reactive ketones (excluding diaryl/α,β-unsaturated/α-hetero) is 1. The topological polar surface area (TPSA) is 124 Å². The number of aromatic nitrogens is 1. The lowest BCUT2D eigenvalue weighted by Crippen LogP contribution is -2.59. The molecule has 1 unspecified atom stereocenters. The third-order valence-electron chi connectivity index (χ3n) is 3.83. The number of amides is 2. The Morgan fingerprint density at radius 3 is 2.83 bits per heavy atom. The lowest BCUT2D eigenvalue weighted by Gasteiger charge is -2.28. The van der Waals surface area contributed by atoms with Gasteiger partial charge in [0.25, 0.3) is 0 Å². The molecule has 1 aromatic rings. The van der Waals surface area contributed by atoms with Gasteiger partial charge in [-0.3, -0.25) is 9.78 Å². The van der Waals surface area contributed by atoms with Gasteiger partial charge in [0.2, 0.25) is 0 Å². The minimum absolute atomic E-state index is 0.0912. The maximum Gasteiger partial charge on any atom is 0.315 e. The van der Waals surface area contributed by atoms with Crippen LogP contribution in [-0.4, -0.2) is 64.9 Å². The fraction of sp³-hybridized carbons (Fsp3) is 0.533. The Bertz CT molecular complexity index is 555. The molecule has 8 heteroatoms. The number of ketones is 1. The Kier molecular flexibility index (Phi) is 5.64. The molecule has 2 amide bonds. The van der Waals surface area contributed by atoms with Gasteiger partial charge in [-0.1, -0.05) is 0 Å². The molecular formula is C15H22N4O4. The van der Waals surface area contributed by atoms with Crippen LogP contribution in [0.2, 0.25) is 0 Å². The van der Waals surface area contributed by atoms with Crippen LogP contribution in [0.15, 0.2) is 18.3 Å². The van der Waals surface area contributed by atoms with Crippen molar-refractivity contribution < 1.29 is 19.8 Å². The molecule has 0 radical (unpaired) electrons. The van der Waals surface area contributed by atoms with E-state index in [-0.39, 0.29) is 12.3 Å². The minimum Gasteiger partial charge on any atom is -0.394 e. The number of nitrogens with one attached hydrogen (secondary N) is 3. The van der Waals surface area contributed by atoms with Crippen molar-refractivity contribution in [3.05, 3.63) is 29.6 Å². The molecule has 1 fully saturated rings.